The third kappa shape index (κ3) is 6.27. The first kappa shape index (κ1) is 15.6. The number of hydrogen-bond acceptors (Lipinski definition) is 4. The Balaban J connectivity index is 4.22. The largest absolute Gasteiger partial charge is 0.504 e. The van der Waals surface area contributed by atoms with Crippen LogP contribution in [0, 0.1) is 0 Å². The van der Waals surface area contributed by atoms with Crippen molar-refractivity contribution in [1.29, 1.82) is 0 Å². The highest BCUT2D eigenvalue weighted by molar-refractivity contribution is 6.60. The second-order valence-corrected chi connectivity index (χ2v) is 5.80. The molecule has 96 valence electrons. The van der Waals surface area contributed by atoms with Crippen LogP contribution >= 0.6 is 0 Å². The van der Waals surface area contributed by atoms with Crippen molar-refractivity contribution in [2.75, 3.05) is 26.4 Å². The topological polar surface area (TPSA) is 36.9 Å². The first-order valence-corrected chi connectivity index (χ1v) is 7.82. The van der Waals surface area contributed by atoms with Gasteiger partial charge in [-0.2, -0.15) is 0 Å². The first-order chi connectivity index (χ1) is 7.74. The second-order valence-electron chi connectivity index (χ2n) is 3.07. The molecule has 0 aromatic heterocycles. The maximum Gasteiger partial charge on any atom is 0.504 e. The van der Waals surface area contributed by atoms with Gasteiger partial charge >= 0.3 is 8.80 Å². The molecule has 0 saturated carbocycles. The van der Waals surface area contributed by atoms with Crippen LogP contribution in [0.3, 0.4) is 0 Å². The standard InChI is InChI=1S/C11H24O4Si/c1-5-9-12-10-11-16(13-6-2,14-7-3)15-8-4/h5,9H,6-8,10-11H2,1-4H3. The van der Waals surface area contributed by atoms with Crippen LogP contribution in [0.15, 0.2) is 12.3 Å². The number of rotatable bonds is 10. The lowest BCUT2D eigenvalue weighted by Crippen LogP contribution is -2.46. The molecule has 0 atom stereocenters. The van der Waals surface area contributed by atoms with Gasteiger partial charge < -0.3 is 18.0 Å². The van der Waals surface area contributed by atoms with Crippen LogP contribution in [0.1, 0.15) is 27.7 Å². The molecule has 0 aromatic rings. The van der Waals surface area contributed by atoms with Crippen molar-refractivity contribution in [2.45, 2.75) is 33.7 Å². The maximum atomic E-state index is 5.68. The van der Waals surface area contributed by atoms with Crippen LogP contribution in [-0.2, 0) is 18.0 Å². The molecule has 0 aliphatic carbocycles. The minimum atomic E-state index is -2.50. The van der Waals surface area contributed by atoms with Gasteiger partial charge in [0.15, 0.2) is 0 Å². The van der Waals surface area contributed by atoms with Crippen LogP contribution in [-0.4, -0.2) is 35.2 Å². The minimum absolute atomic E-state index is 0.566. The number of ether oxygens (including phenoxy) is 1. The second kappa shape index (κ2) is 9.83. The summed E-state index contributed by atoms with van der Waals surface area (Å²) >= 11 is 0. The molecule has 0 rings (SSSR count). The quantitative estimate of drug-likeness (QED) is 0.338. The predicted molar refractivity (Wildman–Crippen MR) is 66.2 cm³/mol. The molecule has 0 aliphatic rings. The Labute approximate surface area is 99.9 Å². The van der Waals surface area contributed by atoms with E-state index in [1.54, 1.807) is 6.26 Å². The lowest BCUT2D eigenvalue weighted by molar-refractivity contribution is 0.0655. The summed E-state index contributed by atoms with van der Waals surface area (Å²) in [6.07, 6.45) is 3.52. The highest BCUT2D eigenvalue weighted by Gasteiger charge is 2.40. The third-order valence-electron chi connectivity index (χ3n) is 1.85. The molecule has 0 spiro atoms. The van der Waals surface area contributed by atoms with Gasteiger partial charge in [0.05, 0.1) is 18.9 Å². The zero-order valence-electron chi connectivity index (χ0n) is 10.8. The van der Waals surface area contributed by atoms with Gasteiger partial charge in [0.2, 0.25) is 0 Å². The summed E-state index contributed by atoms with van der Waals surface area (Å²) in [5.41, 5.74) is 0. The van der Waals surface area contributed by atoms with E-state index in [0.29, 0.717) is 32.5 Å². The molecule has 0 radical (unpaired) electrons. The normalized spacial score (nSPS) is 12.2. The SMILES string of the molecule is CC=COCC[Si](OCC)(OCC)OCC. The van der Waals surface area contributed by atoms with E-state index in [1.165, 1.54) is 0 Å². The molecule has 0 unspecified atom stereocenters. The summed E-state index contributed by atoms with van der Waals surface area (Å²) < 4.78 is 22.3. The molecule has 4 nitrogen and oxygen atoms in total. The van der Waals surface area contributed by atoms with Crippen LogP contribution in [0.25, 0.3) is 0 Å². The van der Waals surface area contributed by atoms with Gasteiger partial charge in [-0.1, -0.05) is 6.08 Å². The molecule has 0 aromatic carbocycles. The van der Waals surface area contributed by atoms with E-state index < -0.39 is 8.80 Å². The van der Waals surface area contributed by atoms with Gasteiger partial charge in [-0.05, 0) is 27.7 Å². The molecular weight excluding hydrogens is 224 g/mol. The van der Waals surface area contributed by atoms with Gasteiger partial charge in [0, 0.05) is 19.8 Å². The Morgan fingerprint density at radius 3 is 1.81 bits per heavy atom. The summed E-state index contributed by atoms with van der Waals surface area (Å²) in [6, 6.07) is 0.687. The monoisotopic (exact) mass is 248 g/mol. The highest BCUT2D eigenvalue weighted by Crippen LogP contribution is 2.15. The molecule has 0 heterocycles. The fourth-order valence-electron chi connectivity index (χ4n) is 1.35. The molecular formula is C11H24O4Si. The number of allylic oxidation sites excluding steroid dienone is 1. The van der Waals surface area contributed by atoms with Crippen LogP contribution in [0.5, 0.6) is 0 Å². The van der Waals surface area contributed by atoms with Crippen LogP contribution in [0.4, 0.5) is 0 Å². The third-order valence-corrected chi connectivity index (χ3v) is 4.85. The average Bonchev–Trinajstić information content (AvgIpc) is 2.26. The molecule has 5 heteroatoms. The maximum absolute atomic E-state index is 5.68. The molecule has 0 N–H and O–H groups in total. The van der Waals surface area contributed by atoms with Gasteiger partial charge in [-0.3, -0.25) is 0 Å². The summed E-state index contributed by atoms with van der Waals surface area (Å²) in [5, 5.41) is 0. The van der Waals surface area contributed by atoms with Crippen molar-refractivity contribution in [3.05, 3.63) is 12.3 Å². The van der Waals surface area contributed by atoms with E-state index in [1.807, 2.05) is 33.8 Å². The smallest absolute Gasteiger partial charge is 0.502 e. The predicted octanol–water partition coefficient (Wildman–Crippen LogP) is 2.59. The van der Waals surface area contributed by atoms with Crippen molar-refractivity contribution < 1.29 is 18.0 Å². The fourth-order valence-corrected chi connectivity index (χ4v) is 3.72. The van der Waals surface area contributed by atoms with Gasteiger partial charge in [0.1, 0.15) is 0 Å². The zero-order chi connectivity index (χ0) is 12.3. The fraction of sp³-hybridized carbons (Fsp3) is 0.818. The molecule has 0 bridgehead atoms. The van der Waals surface area contributed by atoms with E-state index in [-0.39, 0.29) is 0 Å². The van der Waals surface area contributed by atoms with Crippen molar-refractivity contribution in [2.24, 2.45) is 0 Å². The van der Waals surface area contributed by atoms with Crippen LogP contribution < -0.4 is 0 Å². The van der Waals surface area contributed by atoms with Crippen molar-refractivity contribution in [3.63, 3.8) is 0 Å². The highest BCUT2D eigenvalue weighted by atomic mass is 28.4. The molecule has 0 fully saturated rings. The Kier molecular flexibility index (Phi) is 9.61. The first-order valence-electron chi connectivity index (χ1n) is 5.89. The minimum Gasteiger partial charge on any atom is -0.502 e. The van der Waals surface area contributed by atoms with E-state index in [4.69, 9.17) is 18.0 Å². The summed E-state index contributed by atoms with van der Waals surface area (Å²) in [6.45, 7) is 10.2. The Bertz CT molecular complexity index is 168. The van der Waals surface area contributed by atoms with Gasteiger partial charge in [-0.15, -0.1) is 0 Å². The molecule has 0 amide bonds. The van der Waals surface area contributed by atoms with Crippen molar-refractivity contribution in [1.82, 2.24) is 0 Å². The van der Waals surface area contributed by atoms with E-state index in [9.17, 15) is 0 Å². The molecule has 16 heavy (non-hydrogen) atoms. The molecule has 0 aliphatic heterocycles. The van der Waals surface area contributed by atoms with Crippen molar-refractivity contribution in [3.8, 4) is 0 Å². The Morgan fingerprint density at radius 2 is 1.44 bits per heavy atom. The molecule has 0 saturated heterocycles. The number of hydrogen-bond donors (Lipinski definition) is 0. The van der Waals surface area contributed by atoms with E-state index >= 15 is 0 Å². The zero-order valence-corrected chi connectivity index (χ0v) is 11.8. The summed E-state index contributed by atoms with van der Waals surface area (Å²) in [5.74, 6) is 0. The van der Waals surface area contributed by atoms with E-state index in [2.05, 4.69) is 0 Å². The van der Waals surface area contributed by atoms with Crippen molar-refractivity contribution >= 4 is 8.80 Å². The lowest BCUT2D eigenvalue weighted by Gasteiger charge is -2.28. The van der Waals surface area contributed by atoms with Crippen LogP contribution in [0.2, 0.25) is 6.04 Å². The Hall–Kier alpha value is -0.363. The Morgan fingerprint density at radius 1 is 0.938 bits per heavy atom. The summed E-state index contributed by atoms with van der Waals surface area (Å²) in [7, 11) is -2.50. The van der Waals surface area contributed by atoms with E-state index in [0.717, 1.165) is 0 Å². The average molecular weight is 248 g/mol. The van der Waals surface area contributed by atoms with Gasteiger partial charge in [-0.25, -0.2) is 0 Å². The summed E-state index contributed by atoms with van der Waals surface area (Å²) in [4.78, 5) is 0. The van der Waals surface area contributed by atoms with Gasteiger partial charge in [0.25, 0.3) is 0 Å². The lowest BCUT2D eigenvalue weighted by atomic mass is 10.7.